The van der Waals surface area contributed by atoms with Gasteiger partial charge in [0.05, 0.1) is 41.3 Å². The molecule has 0 amide bonds. The molecule has 27 heavy (non-hydrogen) atoms. The van der Waals surface area contributed by atoms with Gasteiger partial charge in [0.25, 0.3) is 0 Å². The van der Waals surface area contributed by atoms with Crippen molar-refractivity contribution in [1.29, 1.82) is 0 Å². The molecule has 3 heterocycles. The Labute approximate surface area is 169 Å². The Morgan fingerprint density at radius 3 is 2.74 bits per heavy atom. The van der Waals surface area contributed by atoms with Crippen LogP contribution in [-0.4, -0.2) is 40.9 Å². The van der Waals surface area contributed by atoms with Gasteiger partial charge < -0.3 is 14.7 Å². The normalized spacial score (nSPS) is 21.8. The summed E-state index contributed by atoms with van der Waals surface area (Å²) in [6.45, 7) is 4.63. The van der Waals surface area contributed by atoms with E-state index in [0.29, 0.717) is 38.5 Å². The van der Waals surface area contributed by atoms with Crippen LogP contribution >= 0.6 is 23.2 Å². The van der Waals surface area contributed by atoms with Crippen LogP contribution in [0, 0.1) is 5.41 Å². The van der Waals surface area contributed by atoms with Crippen molar-refractivity contribution in [1.82, 2.24) is 9.97 Å². The van der Waals surface area contributed by atoms with Gasteiger partial charge in [0.1, 0.15) is 5.69 Å². The van der Waals surface area contributed by atoms with Crippen molar-refractivity contribution in [2.75, 3.05) is 24.6 Å². The lowest BCUT2D eigenvalue weighted by Gasteiger charge is -2.39. The van der Waals surface area contributed by atoms with Crippen LogP contribution in [0.4, 0.5) is 5.82 Å². The molecule has 5 nitrogen and oxygen atoms in total. The number of aliphatic hydroxyl groups is 1. The molecular formula is C20H23Cl2N3O2. The molecule has 1 spiro atoms. The lowest BCUT2D eigenvalue weighted by atomic mass is 9.77. The second-order valence-corrected chi connectivity index (χ2v) is 8.38. The quantitative estimate of drug-likeness (QED) is 0.819. The van der Waals surface area contributed by atoms with Crippen LogP contribution in [0.25, 0.3) is 11.3 Å². The highest BCUT2D eigenvalue weighted by Gasteiger charge is 2.41. The molecule has 0 saturated carbocycles. The van der Waals surface area contributed by atoms with E-state index in [1.54, 1.807) is 12.3 Å². The number of rotatable bonds is 3. The molecule has 0 radical (unpaired) electrons. The van der Waals surface area contributed by atoms with Crippen LogP contribution in [0.5, 0.6) is 0 Å². The summed E-state index contributed by atoms with van der Waals surface area (Å²) in [4.78, 5) is 11.5. The maximum Gasteiger partial charge on any atom is 0.152 e. The number of anilines is 1. The second-order valence-electron chi connectivity index (χ2n) is 7.60. The summed E-state index contributed by atoms with van der Waals surface area (Å²) in [7, 11) is 0. The maximum atomic E-state index is 9.88. The van der Waals surface area contributed by atoms with Crippen LogP contribution in [0.3, 0.4) is 0 Å². The molecule has 2 aliphatic rings. The second kappa shape index (κ2) is 7.55. The highest BCUT2D eigenvalue weighted by atomic mass is 35.5. The Kier molecular flexibility index (Phi) is 5.30. The number of benzene rings is 1. The summed E-state index contributed by atoms with van der Waals surface area (Å²) in [6.07, 6.45) is 5.34. The van der Waals surface area contributed by atoms with Gasteiger partial charge in [-0.25, -0.2) is 9.97 Å². The fourth-order valence-corrected chi connectivity index (χ4v) is 4.61. The molecule has 2 saturated heterocycles. The van der Waals surface area contributed by atoms with Gasteiger partial charge in [-0.05, 0) is 37.7 Å². The molecule has 0 bridgehead atoms. The van der Waals surface area contributed by atoms with Crippen molar-refractivity contribution in [3.8, 4) is 11.3 Å². The summed E-state index contributed by atoms with van der Waals surface area (Å²) in [5.74, 6) is 0.751. The fraction of sp³-hybridized carbons (Fsp3) is 0.500. The molecule has 7 heteroatoms. The smallest absolute Gasteiger partial charge is 0.152 e. The summed E-state index contributed by atoms with van der Waals surface area (Å²) < 4.78 is 5.81. The minimum Gasteiger partial charge on any atom is -0.390 e. The zero-order valence-electron chi connectivity index (χ0n) is 15.3. The van der Waals surface area contributed by atoms with Crippen molar-refractivity contribution in [2.24, 2.45) is 5.41 Å². The van der Waals surface area contributed by atoms with E-state index in [2.05, 4.69) is 21.8 Å². The molecule has 0 unspecified atom stereocenters. The summed E-state index contributed by atoms with van der Waals surface area (Å²) >= 11 is 12.4. The first-order chi connectivity index (χ1) is 13.0. The number of halogens is 2. The predicted molar refractivity (Wildman–Crippen MR) is 107 cm³/mol. The first kappa shape index (κ1) is 18.9. The Bertz CT molecular complexity index is 838. The number of ether oxygens (including phenoxy) is 1. The number of aromatic nitrogens is 2. The third-order valence-electron chi connectivity index (χ3n) is 5.72. The minimum atomic E-state index is -0.170. The van der Waals surface area contributed by atoms with E-state index < -0.39 is 0 Å². The molecule has 0 aliphatic carbocycles. The SMILES string of the molecule is C[C@H]1CC2(CCN(c3ncc(-c4cccc(Cl)c4Cl)nc3CO)CC2)CO1. The lowest BCUT2D eigenvalue weighted by molar-refractivity contribution is 0.0975. The van der Waals surface area contributed by atoms with Gasteiger partial charge in [-0.15, -0.1) is 0 Å². The van der Waals surface area contributed by atoms with Crippen LogP contribution < -0.4 is 4.90 Å². The molecule has 144 valence electrons. The highest BCUT2D eigenvalue weighted by Crippen LogP contribution is 2.42. The first-order valence-electron chi connectivity index (χ1n) is 9.29. The average molecular weight is 408 g/mol. The third-order valence-corrected chi connectivity index (χ3v) is 6.54. The largest absolute Gasteiger partial charge is 0.390 e. The van der Waals surface area contributed by atoms with E-state index in [0.717, 1.165) is 44.8 Å². The molecular weight excluding hydrogens is 385 g/mol. The van der Waals surface area contributed by atoms with E-state index >= 15 is 0 Å². The number of aliphatic hydroxyl groups excluding tert-OH is 1. The molecule has 2 aromatic rings. The van der Waals surface area contributed by atoms with Crippen molar-refractivity contribution in [2.45, 2.75) is 38.9 Å². The maximum absolute atomic E-state index is 9.88. The Morgan fingerprint density at radius 2 is 2.07 bits per heavy atom. The monoisotopic (exact) mass is 407 g/mol. The van der Waals surface area contributed by atoms with Gasteiger partial charge >= 0.3 is 0 Å². The van der Waals surface area contributed by atoms with Gasteiger partial charge in [0.2, 0.25) is 0 Å². The molecule has 1 N–H and O–H groups in total. The zero-order valence-corrected chi connectivity index (χ0v) is 16.8. The summed E-state index contributed by atoms with van der Waals surface area (Å²) in [5, 5.41) is 10.8. The molecule has 1 aromatic carbocycles. The fourth-order valence-electron chi connectivity index (χ4n) is 4.21. The molecule has 1 atom stereocenters. The molecule has 2 fully saturated rings. The van der Waals surface area contributed by atoms with E-state index in [4.69, 9.17) is 27.9 Å². The molecule has 1 aromatic heterocycles. The van der Waals surface area contributed by atoms with Crippen molar-refractivity contribution < 1.29 is 9.84 Å². The highest BCUT2D eigenvalue weighted by molar-refractivity contribution is 6.43. The van der Waals surface area contributed by atoms with Crippen molar-refractivity contribution in [3.05, 3.63) is 40.1 Å². The Hall–Kier alpha value is -1.40. The van der Waals surface area contributed by atoms with Gasteiger partial charge in [-0.1, -0.05) is 35.3 Å². The minimum absolute atomic E-state index is 0.170. The lowest BCUT2D eigenvalue weighted by Crippen LogP contribution is -2.41. The van der Waals surface area contributed by atoms with Gasteiger partial charge in [-0.2, -0.15) is 0 Å². The average Bonchev–Trinajstić information content (AvgIpc) is 3.04. The molecule has 2 aliphatic heterocycles. The van der Waals surface area contributed by atoms with Crippen LogP contribution in [0.2, 0.25) is 10.0 Å². The Balaban J connectivity index is 1.57. The topological polar surface area (TPSA) is 58.5 Å². The Morgan fingerprint density at radius 1 is 1.30 bits per heavy atom. The van der Waals surface area contributed by atoms with Crippen LogP contribution in [-0.2, 0) is 11.3 Å². The van der Waals surface area contributed by atoms with Gasteiger partial charge in [0.15, 0.2) is 5.82 Å². The summed E-state index contributed by atoms with van der Waals surface area (Å²) in [6, 6.07) is 5.41. The van der Waals surface area contributed by atoms with Crippen molar-refractivity contribution in [3.63, 3.8) is 0 Å². The number of hydrogen-bond donors (Lipinski definition) is 1. The van der Waals surface area contributed by atoms with Crippen molar-refractivity contribution >= 4 is 29.0 Å². The standard InChI is InChI=1S/C20H23Cl2N3O2/c1-13-9-20(12-27-13)5-7-25(8-6-20)19-17(11-26)24-16(10-23-19)14-3-2-4-15(21)18(14)22/h2-4,10,13,26H,5-9,11-12H2,1H3/t13-/m0/s1. The predicted octanol–water partition coefficient (Wildman–Crippen LogP) is 4.34. The first-order valence-corrected chi connectivity index (χ1v) is 10.0. The summed E-state index contributed by atoms with van der Waals surface area (Å²) in [5.41, 5.74) is 2.20. The van der Waals surface area contributed by atoms with Gasteiger partial charge in [-0.3, -0.25) is 0 Å². The van der Waals surface area contributed by atoms with Crippen LogP contribution in [0.1, 0.15) is 31.9 Å². The third kappa shape index (κ3) is 3.66. The number of piperidine rings is 1. The van der Waals surface area contributed by atoms with E-state index in [1.165, 1.54) is 0 Å². The molecule has 4 rings (SSSR count). The number of hydrogen-bond acceptors (Lipinski definition) is 5. The van der Waals surface area contributed by atoms with Crippen LogP contribution in [0.15, 0.2) is 24.4 Å². The van der Waals surface area contributed by atoms with E-state index in [1.807, 2.05) is 12.1 Å². The number of nitrogens with zero attached hydrogens (tertiary/aromatic N) is 3. The van der Waals surface area contributed by atoms with Gasteiger partial charge in [0, 0.05) is 18.7 Å². The van der Waals surface area contributed by atoms with E-state index in [9.17, 15) is 5.11 Å². The van der Waals surface area contributed by atoms with E-state index in [-0.39, 0.29) is 6.61 Å². The zero-order chi connectivity index (χ0) is 19.0.